The molecule has 0 amide bonds. The Hall–Kier alpha value is -0.760. The van der Waals surface area contributed by atoms with Crippen molar-refractivity contribution in [1.82, 2.24) is 0 Å². The quantitative estimate of drug-likeness (QED) is 0.485. The molecule has 0 bridgehead atoms. The van der Waals surface area contributed by atoms with E-state index in [9.17, 15) is 0 Å². The van der Waals surface area contributed by atoms with E-state index < -0.39 is 6.10 Å². The first-order valence-electron chi connectivity index (χ1n) is 2.54. The summed E-state index contributed by atoms with van der Waals surface area (Å²) in [6, 6.07) is 0. The summed E-state index contributed by atoms with van der Waals surface area (Å²) < 4.78 is 0. The van der Waals surface area contributed by atoms with Crippen LogP contribution < -0.4 is 0 Å². The van der Waals surface area contributed by atoms with E-state index in [1.807, 2.05) is 0 Å². The van der Waals surface area contributed by atoms with Gasteiger partial charge in [0.15, 0.2) is 0 Å². The fraction of sp³-hybridized carbons (Fsp3) is 0.333. The first-order valence-corrected chi connectivity index (χ1v) is 2.54. The molecule has 0 spiro atoms. The fourth-order valence-corrected chi connectivity index (χ4v) is 0.598. The second-order valence-electron chi connectivity index (χ2n) is 1.79. The average Bonchev–Trinajstić information content (AvgIpc) is 1.77. The molecule has 0 aromatic heterocycles. The number of rotatable bonds is 0. The third-order valence-corrected chi connectivity index (χ3v) is 1.06. The van der Waals surface area contributed by atoms with Gasteiger partial charge in [-0.25, -0.2) is 0 Å². The van der Waals surface area contributed by atoms with Gasteiger partial charge in [0.05, 0.1) is 6.10 Å². The summed E-state index contributed by atoms with van der Waals surface area (Å²) in [5, 5.41) is 17.5. The molecule has 0 aliphatic heterocycles. The van der Waals surface area contributed by atoms with Crippen molar-refractivity contribution in [2.45, 2.75) is 12.5 Å². The fourth-order valence-electron chi connectivity index (χ4n) is 0.598. The summed E-state index contributed by atoms with van der Waals surface area (Å²) in [6.07, 6.45) is 4.78. The molecule has 0 radical (unpaired) electrons. The second-order valence-corrected chi connectivity index (χ2v) is 1.79. The van der Waals surface area contributed by atoms with Gasteiger partial charge in [-0.1, -0.05) is 6.08 Å². The summed E-state index contributed by atoms with van der Waals surface area (Å²) >= 11 is 0. The molecule has 1 atom stereocenters. The molecule has 0 unspecified atom stereocenters. The monoisotopic (exact) mass is 112 g/mol. The molecule has 8 heavy (non-hydrogen) atoms. The molecular formula is C6H8O2. The largest absolute Gasteiger partial charge is 0.508 e. The van der Waals surface area contributed by atoms with E-state index in [0.717, 1.165) is 0 Å². The van der Waals surface area contributed by atoms with Gasteiger partial charge in [0.1, 0.15) is 5.76 Å². The smallest absolute Gasteiger partial charge is 0.111 e. The Kier molecular flexibility index (Phi) is 1.35. The summed E-state index contributed by atoms with van der Waals surface area (Å²) in [7, 11) is 0. The second kappa shape index (κ2) is 2.01. The van der Waals surface area contributed by atoms with Gasteiger partial charge in [0.2, 0.25) is 0 Å². The lowest BCUT2D eigenvalue weighted by Gasteiger charge is -2.04. The van der Waals surface area contributed by atoms with Crippen LogP contribution in [0, 0.1) is 0 Å². The summed E-state index contributed by atoms with van der Waals surface area (Å²) in [4.78, 5) is 0. The highest BCUT2D eigenvalue weighted by molar-refractivity contribution is 5.17. The van der Waals surface area contributed by atoms with Crippen molar-refractivity contribution >= 4 is 0 Å². The third-order valence-electron chi connectivity index (χ3n) is 1.06. The Bertz CT molecular complexity index is 135. The molecule has 1 rings (SSSR count). The molecule has 0 saturated heterocycles. The van der Waals surface area contributed by atoms with E-state index in [1.54, 1.807) is 12.2 Å². The van der Waals surface area contributed by atoms with E-state index >= 15 is 0 Å². The molecule has 2 nitrogen and oxygen atoms in total. The van der Waals surface area contributed by atoms with Crippen molar-refractivity contribution in [3.8, 4) is 0 Å². The van der Waals surface area contributed by atoms with E-state index in [-0.39, 0.29) is 5.76 Å². The van der Waals surface area contributed by atoms with Crippen molar-refractivity contribution in [2.75, 3.05) is 0 Å². The SMILES string of the molecule is OC1=CC[C@H](O)C=C1. The molecule has 0 fully saturated rings. The standard InChI is InChI=1S/C6H8O2/c7-5-1-2-6(8)4-3-5/h1-3,6-8H,4H2/t6-/m1/s1. The number of hydrogen-bond donors (Lipinski definition) is 2. The predicted molar refractivity (Wildman–Crippen MR) is 30.5 cm³/mol. The van der Waals surface area contributed by atoms with Crippen LogP contribution in [-0.2, 0) is 0 Å². The van der Waals surface area contributed by atoms with Gasteiger partial charge < -0.3 is 10.2 Å². The topological polar surface area (TPSA) is 40.5 Å². The van der Waals surface area contributed by atoms with Gasteiger partial charge in [0, 0.05) is 0 Å². The van der Waals surface area contributed by atoms with Crippen LogP contribution in [0.2, 0.25) is 0 Å². The maximum Gasteiger partial charge on any atom is 0.111 e. The lowest BCUT2D eigenvalue weighted by molar-refractivity contribution is 0.221. The van der Waals surface area contributed by atoms with Crippen molar-refractivity contribution in [3.63, 3.8) is 0 Å². The van der Waals surface area contributed by atoms with E-state index in [4.69, 9.17) is 10.2 Å². The number of aliphatic hydroxyl groups is 2. The third kappa shape index (κ3) is 1.10. The van der Waals surface area contributed by atoms with Crippen LogP contribution in [0.15, 0.2) is 24.0 Å². The van der Waals surface area contributed by atoms with Crippen LogP contribution in [0.25, 0.3) is 0 Å². The molecule has 1 aliphatic carbocycles. The molecule has 0 heterocycles. The van der Waals surface area contributed by atoms with Crippen LogP contribution >= 0.6 is 0 Å². The molecule has 0 saturated carbocycles. The number of aliphatic hydroxyl groups excluding tert-OH is 2. The molecule has 0 aromatic carbocycles. The molecule has 44 valence electrons. The lowest BCUT2D eigenvalue weighted by Crippen LogP contribution is -2.03. The Balaban J connectivity index is 2.58. The van der Waals surface area contributed by atoms with Gasteiger partial charge >= 0.3 is 0 Å². The zero-order valence-corrected chi connectivity index (χ0v) is 4.41. The van der Waals surface area contributed by atoms with Gasteiger partial charge in [-0.15, -0.1) is 0 Å². The highest BCUT2D eigenvalue weighted by atomic mass is 16.3. The number of allylic oxidation sites excluding steroid dienone is 1. The zero-order chi connectivity index (χ0) is 5.98. The van der Waals surface area contributed by atoms with Gasteiger partial charge in [-0.2, -0.15) is 0 Å². The van der Waals surface area contributed by atoms with Crippen LogP contribution in [0.5, 0.6) is 0 Å². The van der Waals surface area contributed by atoms with E-state index in [0.29, 0.717) is 6.42 Å². The molecule has 2 N–H and O–H groups in total. The van der Waals surface area contributed by atoms with Crippen molar-refractivity contribution in [3.05, 3.63) is 24.0 Å². The van der Waals surface area contributed by atoms with E-state index in [1.165, 1.54) is 6.08 Å². The zero-order valence-electron chi connectivity index (χ0n) is 4.41. The predicted octanol–water partition coefficient (Wildman–Crippen LogP) is 0.749. The highest BCUT2D eigenvalue weighted by Gasteiger charge is 2.01. The lowest BCUT2D eigenvalue weighted by atomic mass is 10.1. The maximum absolute atomic E-state index is 8.78. The van der Waals surface area contributed by atoms with Crippen LogP contribution in [0.1, 0.15) is 6.42 Å². The Labute approximate surface area is 47.8 Å². The maximum atomic E-state index is 8.78. The van der Waals surface area contributed by atoms with Crippen LogP contribution in [-0.4, -0.2) is 16.3 Å². The minimum Gasteiger partial charge on any atom is -0.508 e. The number of hydrogen-bond acceptors (Lipinski definition) is 2. The van der Waals surface area contributed by atoms with Crippen molar-refractivity contribution < 1.29 is 10.2 Å². The van der Waals surface area contributed by atoms with Gasteiger partial charge in [-0.05, 0) is 18.6 Å². The minimum atomic E-state index is -0.397. The first-order chi connectivity index (χ1) is 3.79. The average molecular weight is 112 g/mol. The van der Waals surface area contributed by atoms with Crippen molar-refractivity contribution in [2.24, 2.45) is 0 Å². The van der Waals surface area contributed by atoms with Crippen LogP contribution in [0.4, 0.5) is 0 Å². The minimum absolute atomic E-state index is 0.246. The summed E-state index contributed by atoms with van der Waals surface area (Å²) in [5.74, 6) is 0.246. The summed E-state index contributed by atoms with van der Waals surface area (Å²) in [5.41, 5.74) is 0. The normalized spacial score (nSPS) is 27.6. The Morgan fingerprint density at radius 3 is 2.75 bits per heavy atom. The van der Waals surface area contributed by atoms with Gasteiger partial charge in [0.25, 0.3) is 0 Å². The highest BCUT2D eigenvalue weighted by Crippen LogP contribution is 2.06. The van der Waals surface area contributed by atoms with Gasteiger partial charge in [-0.3, -0.25) is 0 Å². The molecule has 1 aliphatic rings. The van der Waals surface area contributed by atoms with Crippen molar-refractivity contribution in [1.29, 1.82) is 0 Å². The molecule has 0 aromatic rings. The Morgan fingerprint density at radius 2 is 2.38 bits per heavy atom. The van der Waals surface area contributed by atoms with E-state index in [2.05, 4.69) is 0 Å². The Morgan fingerprint density at radius 1 is 1.62 bits per heavy atom. The first kappa shape index (κ1) is 5.38. The van der Waals surface area contributed by atoms with Crippen LogP contribution in [0.3, 0.4) is 0 Å². The summed E-state index contributed by atoms with van der Waals surface area (Å²) in [6.45, 7) is 0. The molecule has 2 heteroatoms. The molecular weight excluding hydrogens is 104 g/mol.